The summed E-state index contributed by atoms with van der Waals surface area (Å²) in [6.07, 6.45) is -8.87. The molecule has 1 saturated heterocycles. The predicted octanol–water partition coefficient (Wildman–Crippen LogP) is 4.77. The topological polar surface area (TPSA) is 75.7 Å². The molecule has 3 rings (SSSR count). The Morgan fingerprint density at radius 2 is 1.48 bits per heavy atom. The van der Waals surface area contributed by atoms with Crippen molar-refractivity contribution in [2.45, 2.75) is 30.1 Å². The number of carbonyl (C=O) groups is 1. The number of benzene rings is 2. The second-order valence-electron chi connectivity index (χ2n) is 7.23. The van der Waals surface area contributed by atoms with Crippen molar-refractivity contribution in [3.8, 4) is 5.75 Å². The summed E-state index contributed by atoms with van der Waals surface area (Å²) in [5.74, 6) is -1.15. The van der Waals surface area contributed by atoms with Crippen LogP contribution in [0.4, 0.5) is 32.0 Å². The van der Waals surface area contributed by atoms with Crippen LogP contribution >= 0.6 is 0 Å². The van der Waals surface area contributed by atoms with Crippen LogP contribution in [0, 0.1) is 0 Å². The van der Waals surface area contributed by atoms with E-state index in [9.17, 15) is 39.6 Å². The number of nitrogens with zero attached hydrogens (tertiary/aromatic N) is 1. The maximum Gasteiger partial charge on any atom is 0.416 e. The van der Waals surface area contributed by atoms with Gasteiger partial charge in [-0.1, -0.05) is 0 Å². The van der Waals surface area contributed by atoms with E-state index in [4.69, 9.17) is 4.74 Å². The Morgan fingerprint density at radius 1 is 0.939 bits per heavy atom. The number of anilines is 1. The highest BCUT2D eigenvalue weighted by atomic mass is 32.2. The van der Waals surface area contributed by atoms with E-state index in [1.165, 1.54) is 17.5 Å². The van der Waals surface area contributed by atoms with Crippen molar-refractivity contribution in [3.63, 3.8) is 0 Å². The highest BCUT2D eigenvalue weighted by molar-refractivity contribution is 7.89. The molecule has 1 amide bonds. The zero-order valence-corrected chi connectivity index (χ0v) is 17.9. The number of rotatable bonds is 5. The summed E-state index contributed by atoms with van der Waals surface area (Å²) in [4.78, 5) is 12.3. The smallest absolute Gasteiger partial charge is 0.416 e. The van der Waals surface area contributed by atoms with Crippen LogP contribution < -0.4 is 10.1 Å². The van der Waals surface area contributed by atoms with Crippen LogP contribution in [0.25, 0.3) is 0 Å². The van der Waals surface area contributed by atoms with Gasteiger partial charge in [-0.2, -0.15) is 30.6 Å². The van der Waals surface area contributed by atoms with Crippen LogP contribution in [-0.4, -0.2) is 38.8 Å². The van der Waals surface area contributed by atoms with Gasteiger partial charge in [0, 0.05) is 24.3 Å². The van der Waals surface area contributed by atoms with Gasteiger partial charge in [-0.05, 0) is 49.2 Å². The molecule has 0 bridgehead atoms. The summed E-state index contributed by atoms with van der Waals surface area (Å²) in [6, 6.07) is 3.96. The number of hydrogen-bond donors (Lipinski definition) is 1. The van der Waals surface area contributed by atoms with Gasteiger partial charge in [0.15, 0.2) is 0 Å². The van der Waals surface area contributed by atoms with Gasteiger partial charge < -0.3 is 10.1 Å². The van der Waals surface area contributed by atoms with E-state index < -0.39 is 45.1 Å². The van der Waals surface area contributed by atoms with Crippen LogP contribution in [-0.2, 0) is 22.4 Å². The molecule has 0 unspecified atom stereocenters. The molecule has 1 fully saturated rings. The monoisotopic (exact) mass is 496 g/mol. The van der Waals surface area contributed by atoms with Crippen LogP contribution in [0.2, 0.25) is 0 Å². The minimum Gasteiger partial charge on any atom is -0.495 e. The Hall–Kier alpha value is -2.80. The van der Waals surface area contributed by atoms with E-state index in [-0.39, 0.29) is 35.4 Å². The standard InChI is InChI=1S/C20H18F6N2O4S/c1-32-16-5-4-12(8-17(16)33(30,31)28-6-2-3-7-28)18(29)27-15-10-13(19(21,22)23)9-14(11-15)20(24,25)26/h4-5,8-11H,2-3,6-7H2,1H3,(H,27,29). The predicted molar refractivity (Wildman–Crippen MR) is 105 cm³/mol. The lowest BCUT2D eigenvalue weighted by Gasteiger charge is -2.18. The summed E-state index contributed by atoms with van der Waals surface area (Å²) >= 11 is 0. The van der Waals surface area contributed by atoms with Gasteiger partial charge >= 0.3 is 12.4 Å². The summed E-state index contributed by atoms with van der Waals surface area (Å²) in [5.41, 5.74) is -4.24. The molecule has 1 aliphatic rings. The molecule has 1 heterocycles. The minimum absolute atomic E-state index is 0.0584. The molecule has 0 aliphatic carbocycles. The second kappa shape index (κ2) is 8.86. The average molecular weight is 496 g/mol. The molecule has 180 valence electrons. The summed E-state index contributed by atoms with van der Waals surface area (Å²) in [5, 5.41) is 1.98. The summed E-state index contributed by atoms with van der Waals surface area (Å²) in [7, 11) is -2.81. The van der Waals surface area contributed by atoms with E-state index in [0.29, 0.717) is 25.0 Å². The lowest BCUT2D eigenvalue weighted by molar-refractivity contribution is -0.143. The third-order valence-electron chi connectivity index (χ3n) is 4.95. The zero-order chi connectivity index (χ0) is 24.6. The molecule has 0 aromatic heterocycles. The van der Waals surface area contributed by atoms with Crippen molar-refractivity contribution in [1.82, 2.24) is 4.31 Å². The Labute approximate surface area is 185 Å². The number of methoxy groups -OCH3 is 1. The van der Waals surface area contributed by atoms with Gasteiger partial charge in [0.25, 0.3) is 5.91 Å². The molecule has 0 radical (unpaired) electrons. The maximum absolute atomic E-state index is 13.0. The van der Waals surface area contributed by atoms with Crippen molar-refractivity contribution in [2.24, 2.45) is 0 Å². The molecule has 0 spiro atoms. The van der Waals surface area contributed by atoms with Gasteiger partial charge in [-0.3, -0.25) is 4.79 Å². The number of alkyl halides is 6. The number of amides is 1. The molecule has 1 N–H and O–H groups in total. The molecule has 33 heavy (non-hydrogen) atoms. The Kier molecular flexibility index (Phi) is 6.67. The van der Waals surface area contributed by atoms with Gasteiger partial charge in [0.05, 0.1) is 18.2 Å². The summed E-state index contributed by atoms with van der Waals surface area (Å²) < 4.78 is 110. The first-order chi connectivity index (χ1) is 15.2. The van der Waals surface area contributed by atoms with Crippen molar-refractivity contribution in [3.05, 3.63) is 53.1 Å². The lowest BCUT2D eigenvalue weighted by atomic mass is 10.1. The van der Waals surface area contributed by atoms with E-state index in [1.807, 2.05) is 5.32 Å². The van der Waals surface area contributed by atoms with Crippen molar-refractivity contribution >= 4 is 21.6 Å². The third-order valence-corrected chi connectivity index (χ3v) is 6.87. The normalized spacial score (nSPS) is 15.5. The molecule has 1 aliphatic heterocycles. The van der Waals surface area contributed by atoms with E-state index >= 15 is 0 Å². The molecule has 2 aromatic rings. The molecule has 0 saturated carbocycles. The molecular weight excluding hydrogens is 478 g/mol. The SMILES string of the molecule is COc1ccc(C(=O)Nc2cc(C(F)(F)F)cc(C(F)(F)F)c2)cc1S(=O)(=O)N1CCCC1. The molecular formula is C20H18F6N2O4S. The van der Waals surface area contributed by atoms with Crippen molar-refractivity contribution in [1.29, 1.82) is 0 Å². The number of sulfonamides is 1. The van der Waals surface area contributed by atoms with E-state index in [1.54, 1.807) is 0 Å². The fourth-order valence-corrected chi connectivity index (χ4v) is 5.02. The average Bonchev–Trinajstić information content (AvgIpc) is 3.27. The Morgan fingerprint density at radius 3 is 1.97 bits per heavy atom. The number of ether oxygens (including phenoxy) is 1. The Balaban J connectivity index is 1.98. The largest absolute Gasteiger partial charge is 0.495 e. The highest BCUT2D eigenvalue weighted by Gasteiger charge is 2.37. The zero-order valence-electron chi connectivity index (χ0n) is 17.0. The fourth-order valence-electron chi connectivity index (χ4n) is 3.32. The first-order valence-corrected chi connectivity index (χ1v) is 11.0. The van der Waals surface area contributed by atoms with Crippen LogP contribution in [0.1, 0.15) is 34.3 Å². The van der Waals surface area contributed by atoms with Crippen molar-refractivity contribution in [2.75, 3.05) is 25.5 Å². The first-order valence-electron chi connectivity index (χ1n) is 9.52. The van der Waals surface area contributed by atoms with Gasteiger partial charge in [-0.15, -0.1) is 0 Å². The fraction of sp³-hybridized carbons (Fsp3) is 0.350. The molecule has 13 heteroatoms. The first kappa shape index (κ1) is 24.8. The van der Waals surface area contributed by atoms with Gasteiger partial charge in [0.2, 0.25) is 10.0 Å². The van der Waals surface area contributed by atoms with E-state index in [0.717, 1.165) is 12.1 Å². The van der Waals surface area contributed by atoms with Gasteiger partial charge in [0.1, 0.15) is 10.6 Å². The number of hydrogen-bond acceptors (Lipinski definition) is 4. The quantitative estimate of drug-likeness (QED) is 0.606. The van der Waals surface area contributed by atoms with Crippen LogP contribution in [0.15, 0.2) is 41.3 Å². The van der Waals surface area contributed by atoms with Crippen LogP contribution in [0.5, 0.6) is 5.75 Å². The molecule has 2 aromatic carbocycles. The van der Waals surface area contributed by atoms with E-state index in [2.05, 4.69) is 0 Å². The lowest BCUT2D eigenvalue weighted by Crippen LogP contribution is -2.28. The Bertz CT molecular complexity index is 1120. The third kappa shape index (κ3) is 5.41. The summed E-state index contributed by atoms with van der Waals surface area (Å²) in [6.45, 7) is 0.540. The van der Waals surface area contributed by atoms with Crippen LogP contribution in [0.3, 0.4) is 0 Å². The van der Waals surface area contributed by atoms with Crippen molar-refractivity contribution < 1.29 is 44.3 Å². The minimum atomic E-state index is -5.09. The number of carbonyl (C=O) groups excluding carboxylic acids is 1. The second-order valence-corrected chi connectivity index (χ2v) is 9.13. The molecule has 6 nitrogen and oxygen atoms in total. The number of nitrogens with one attached hydrogen (secondary N) is 1. The molecule has 0 atom stereocenters. The maximum atomic E-state index is 13.0. The highest BCUT2D eigenvalue weighted by Crippen LogP contribution is 2.38. The van der Waals surface area contributed by atoms with Gasteiger partial charge in [-0.25, -0.2) is 8.42 Å². The number of halogens is 6.